The molecule has 0 saturated heterocycles. The van der Waals surface area contributed by atoms with Gasteiger partial charge < -0.3 is 14.3 Å². The van der Waals surface area contributed by atoms with Crippen molar-refractivity contribution in [1.29, 1.82) is 0 Å². The van der Waals surface area contributed by atoms with Gasteiger partial charge in [0.15, 0.2) is 16.7 Å². The molecule has 3 heterocycles. The monoisotopic (exact) mass is 433 g/mol. The number of allylic oxidation sites excluding steroid dienone is 1. The maximum atomic E-state index is 12.2. The van der Waals surface area contributed by atoms with Crippen LogP contribution in [0.2, 0.25) is 0 Å². The van der Waals surface area contributed by atoms with Gasteiger partial charge in [-0.2, -0.15) is 0 Å². The van der Waals surface area contributed by atoms with E-state index >= 15 is 0 Å². The second kappa shape index (κ2) is 9.47. The topological polar surface area (TPSA) is 128 Å². The molecule has 3 rings (SSSR count). The maximum absolute atomic E-state index is 12.2. The fourth-order valence-corrected chi connectivity index (χ4v) is 3.76. The standard InChI is InChI=1S/C17H19N7O3S2/c1-4-7-24-14(10(2)18-15(26)12-6-5-8-27-12)21-23-17(24)28-9-13(25)19-16-22-20-11(3)29-16/h4-6,8,10H,1,7,9H2,2-3H3,(H,18,26)(H,19,22,25)/t10-/m1/s1. The second-order valence-electron chi connectivity index (χ2n) is 5.88. The first kappa shape index (κ1) is 20.7. The number of carbonyl (C=O) groups is 2. The van der Waals surface area contributed by atoms with Crippen molar-refractivity contribution in [3.05, 3.63) is 47.6 Å². The Kier molecular flexibility index (Phi) is 6.77. The van der Waals surface area contributed by atoms with Gasteiger partial charge in [-0.25, -0.2) is 0 Å². The van der Waals surface area contributed by atoms with Crippen molar-refractivity contribution in [3.8, 4) is 0 Å². The third-order valence-corrected chi connectivity index (χ3v) is 5.36. The number of rotatable bonds is 9. The van der Waals surface area contributed by atoms with E-state index in [4.69, 9.17) is 4.42 Å². The number of amides is 2. The van der Waals surface area contributed by atoms with Gasteiger partial charge >= 0.3 is 0 Å². The SMILES string of the molecule is C=CCn1c(SCC(=O)Nc2nnc(C)s2)nnc1[C@@H](C)NC(=O)c1ccco1. The van der Waals surface area contributed by atoms with Crippen LogP contribution in [0.5, 0.6) is 0 Å². The third kappa shape index (κ3) is 5.29. The van der Waals surface area contributed by atoms with Crippen LogP contribution in [0, 0.1) is 6.92 Å². The molecule has 3 aromatic heterocycles. The van der Waals surface area contributed by atoms with Crippen molar-refractivity contribution in [2.75, 3.05) is 11.1 Å². The van der Waals surface area contributed by atoms with Crippen LogP contribution in [0.15, 0.2) is 40.6 Å². The summed E-state index contributed by atoms with van der Waals surface area (Å²) in [6.07, 6.45) is 3.13. The number of hydrogen-bond acceptors (Lipinski definition) is 9. The number of hydrogen-bond donors (Lipinski definition) is 2. The highest BCUT2D eigenvalue weighted by atomic mass is 32.2. The van der Waals surface area contributed by atoms with Crippen molar-refractivity contribution < 1.29 is 14.0 Å². The largest absolute Gasteiger partial charge is 0.459 e. The van der Waals surface area contributed by atoms with Crippen LogP contribution in [0.1, 0.15) is 34.4 Å². The average molecular weight is 434 g/mol. The van der Waals surface area contributed by atoms with E-state index in [0.29, 0.717) is 22.7 Å². The van der Waals surface area contributed by atoms with Gasteiger partial charge in [0.2, 0.25) is 11.0 Å². The van der Waals surface area contributed by atoms with E-state index in [2.05, 4.69) is 37.6 Å². The molecule has 2 amide bonds. The van der Waals surface area contributed by atoms with Gasteiger partial charge in [0, 0.05) is 6.54 Å². The normalized spacial score (nSPS) is 11.8. The summed E-state index contributed by atoms with van der Waals surface area (Å²) in [5, 5.41) is 23.3. The molecule has 0 aliphatic rings. The van der Waals surface area contributed by atoms with E-state index in [-0.39, 0.29) is 23.3 Å². The van der Waals surface area contributed by atoms with Gasteiger partial charge in [-0.05, 0) is 26.0 Å². The average Bonchev–Trinajstić information content (AvgIpc) is 3.42. The number of aromatic nitrogens is 5. The van der Waals surface area contributed by atoms with Gasteiger partial charge in [0.05, 0.1) is 18.1 Å². The number of anilines is 1. The van der Waals surface area contributed by atoms with Crippen molar-refractivity contribution in [1.82, 2.24) is 30.3 Å². The van der Waals surface area contributed by atoms with Gasteiger partial charge in [-0.15, -0.1) is 27.0 Å². The molecule has 29 heavy (non-hydrogen) atoms. The number of carbonyl (C=O) groups excluding carboxylic acids is 2. The molecule has 0 spiro atoms. The number of nitrogens with zero attached hydrogens (tertiary/aromatic N) is 5. The zero-order chi connectivity index (χ0) is 20.8. The van der Waals surface area contributed by atoms with E-state index in [1.807, 2.05) is 6.92 Å². The third-order valence-electron chi connectivity index (χ3n) is 3.64. The molecule has 0 radical (unpaired) electrons. The van der Waals surface area contributed by atoms with Gasteiger partial charge in [0.1, 0.15) is 5.01 Å². The number of nitrogens with one attached hydrogen (secondary N) is 2. The molecular weight excluding hydrogens is 414 g/mol. The molecule has 12 heteroatoms. The predicted molar refractivity (Wildman–Crippen MR) is 109 cm³/mol. The minimum absolute atomic E-state index is 0.126. The number of furan rings is 1. The lowest BCUT2D eigenvalue weighted by atomic mass is 10.3. The van der Waals surface area contributed by atoms with Crippen LogP contribution in [0.4, 0.5) is 5.13 Å². The fourth-order valence-electron chi connectivity index (χ4n) is 2.40. The van der Waals surface area contributed by atoms with Crippen molar-refractivity contribution in [2.45, 2.75) is 31.6 Å². The number of aryl methyl sites for hydroxylation is 1. The van der Waals surface area contributed by atoms with E-state index in [9.17, 15) is 9.59 Å². The smallest absolute Gasteiger partial charge is 0.287 e. The van der Waals surface area contributed by atoms with Crippen LogP contribution >= 0.6 is 23.1 Å². The Bertz CT molecular complexity index is 997. The Labute approximate surface area is 174 Å². The maximum Gasteiger partial charge on any atom is 0.287 e. The summed E-state index contributed by atoms with van der Waals surface area (Å²) in [7, 11) is 0. The first-order valence-corrected chi connectivity index (χ1v) is 10.4. The lowest BCUT2D eigenvalue weighted by Crippen LogP contribution is -2.28. The minimum atomic E-state index is -0.424. The van der Waals surface area contributed by atoms with Crippen LogP contribution in [0.3, 0.4) is 0 Å². The second-order valence-corrected chi connectivity index (χ2v) is 8.00. The molecule has 0 aliphatic heterocycles. The van der Waals surface area contributed by atoms with Gasteiger partial charge in [-0.1, -0.05) is 29.2 Å². The summed E-state index contributed by atoms with van der Waals surface area (Å²) in [6, 6.07) is 2.80. The molecule has 0 unspecified atom stereocenters. The summed E-state index contributed by atoms with van der Waals surface area (Å²) >= 11 is 2.53. The van der Waals surface area contributed by atoms with E-state index in [0.717, 1.165) is 5.01 Å². The van der Waals surface area contributed by atoms with E-state index < -0.39 is 6.04 Å². The van der Waals surface area contributed by atoms with Crippen LogP contribution in [-0.4, -0.2) is 42.5 Å². The predicted octanol–water partition coefficient (Wildman–Crippen LogP) is 2.44. The Hall–Kier alpha value is -2.99. The van der Waals surface area contributed by atoms with Crippen molar-refractivity contribution >= 4 is 40.0 Å². The summed E-state index contributed by atoms with van der Waals surface area (Å²) in [5.41, 5.74) is 0. The van der Waals surface area contributed by atoms with Crippen molar-refractivity contribution in [3.63, 3.8) is 0 Å². The highest BCUT2D eigenvalue weighted by Gasteiger charge is 2.21. The summed E-state index contributed by atoms with van der Waals surface area (Å²) in [5.74, 6) is 0.315. The molecule has 3 aromatic rings. The summed E-state index contributed by atoms with van der Waals surface area (Å²) in [6.45, 7) is 7.79. The molecule has 0 aromatic carbocycles. The molecule has 152 valence electrons. The van der Waals surface area contributed by atoms with Crippen LogP contribution in [0.25, 0.3) is 0 Å². The van der Waals surface area contributed by atoms with Crippen LogP contribution in [-0.2, 0) is 11.3 Å². The quantitative estimate of drug-likeness (QED) is 0.389. The summed E-state index contributed by atoms with van der Waals surface area (Å²) < 4.78 is 6.90. The van der Waals surface area contributed by atoms with E-state index in [1.165, 1.54) is 29.4 Å². The molecular formula is C17H19N7O3S2. The van der Waals surface area contributed by atoms with Crippen LogP contribution < -0.4 is 10.6 Å². The number of thioether (sulfide) groups is 1. The van der Waals surface area contributed by atoms with Gasteiger partial charge in [0.25, 0.3) is 5.91 Å². The molecule has 0 bridgehead atoms. The first-order chi connectivity index (χ1) is 14.0. The molecule has 0 aliphatic carbocycles. The first-order valence-electron chi connectivity index (χ1n) is 8.59. The Balaban J connectivity index is 1.65. The van der Waals surface area contributed by atoms with E-state index in [1.54, 1.807) is 29.7 Å². The zero-order valence-corrected chi connectivity index (χ0v) is 17.4. The Morgan fingerprint density at radius 1 is 1.38 bits per heavy atom. The summed E-state index contributed by atoms with van der Waals surface area (Å²) in [4.78, 5) is 24.3. The molecule has 0 fully saturated rings. The Morgan fingerprint density at radius 2 is 2.21 bits per heavy atom. The molecule has 1 atom stereocenters. The lowest BCUT2D eigenvalue weighted by Gasteiger charge is -2.14. The highest BCUT2D eigenvalue weighted by molar-refractivity contribution is 7.99. The van der Waals surface area contributed by atoms with Crippen molar-refractivity contribution in [2.24, 2.45) is 0 Å². The highest BCUT2D eigenvalue weighted by Crippen LogP contribution is 2.22. The zero-order valence-electron chi connectivity index (χ0n) is 15.8. The van der Waals surface area contributed by atoms with Gasteiger partial charge in [-0.3, -0.25) is 14.9 Å². The fraction of sp³-hybridized carbons (Fsp3) is 0.294. The minimum Gasteiger partial charge on any atom is -0.459 e. The lowest BCUT2D eigenvalue weighted by molar-refractivity contribution is -0.113. The molecule has 0 saturated carbocycles. The molecule has 10 nitrogen and oxygen atoms in total. The Morgan fingerprint density at radius 3 is 2.86 bits per heavy atom. The molecule has 2 N–H and O–H groups in total.